The Kier molecular flexibility index (Phi) is 6.16. The number of anilines is 1. The number of aryl methyl sites for hydroxylation is 2. The first-order valence-corrected chi connectivity index (χ1v) is 8.21. The predicted molar refractivity (Wildman–Crippen MR) is 95.7 cm³/mol. The van der Waals surface area contributed by atoms with Crippen molar-refractivity contribution in [3.8, 4) is 0 Å². The third-order valence-electron chi connectivity index (χ3n) is 3.84. The number of rotatable bonds is 6. The van der Waals surface area contributed by atoms with E-state index in [0.717, 1.165) is 11.1 Å². The quantitative estimate of drug-likeness (QED) is 0.774. The van der Waals surface area contributed by atoms with Gasteiger partial charge in [-0.15, -0.1) is 0 Å². The van der Waals surface area contributed by atoms with Crippen molar-refractivity contribution in [3.63, 3.8) is 0 Å². The Morgan fingerprint density at radius 2 is 1.69 bits per heavy atom. The van der Waals surface area contributed by atoms with E-state index in [2.05, 4.69) is 10.6 Å². The van der Waals surface area contributed by atoms with E-state index in [1.165, 1.54) is 26.2 Å². The molecule has 2 atom stereocenters. The lowest BCUT2D eigenvalue weighted by Gasteiger charge is -2.18. The number of hydrogen-bond donors (Lipinski definition) is 2. The summed E-state index contributed by atoms with van der Waals surface area (Å²) in [6.45, 7) is 6.71. The normalized spacial score (nSPS) is 12.8. The molecule has 0 saturated carbocycles. The standard InChI is InChI=1S/C19H22N2O5/c1-11-7-5-8-12(2)16(11)21-17(22)14(4)26-19(24)13(3)20-18(23)15-9-6-10-25-15/h5-10,13-14H,1-4H3,(H,20,23)(H,21,22)/t13-,14?/m0/s1. The average Bonchev–Trinajstić information content (AvgIpc) is 3.12. The van der Waals surface area contributed by atoms with Gasteiger partial charge in [-0.3, -0.25) is 9.59 Å². The van der Waals surface area contributed by atoms with Gasteiger partial charge < -0.3 is 19.8 Å². The molecule has 0 radical (unpaired) electrons. The number of amides is 2. The molecule has 7 heteroatoms. The van der Waals surface area contributed by atoms with Gasteiger partial charge in [0.15, 0.2) is 11.9 Å². The van der Waals surface area contributed by atoms with Crippen molar-refractivity contribution in [2.75, 3.05) is 5.32 Å². The van der Waals surface area contributed by atoms with Crippen molar-refractivity contribution < 1.29 is 23.5 Å². The molecule has 0 saturated heterocycles. The van der Waals surface area contributed by atoms with Crippen molar-refractivity contribution in [3.05, 3.63) is 53.5 Å². The Hall–Kier alpha value is -3.09. The molecule has 0 aliphatic heterocycles. The highest BCUT2D eigenvalue weighted by Crippen LogP contribution is 2.19. The van der Waals surface area contributed by atoms with E-state index >= 15 is 0 Å². The molecule has 0 aliphatic rings. The lowest BCUT2D eigenvalue weighted by molar-refractivity contribution is -0.154. The maximum Gasteiger partial charge on any atom is 0.329 e. The summed E-state index contributed by atoms with van der Waals surface area (Å²) in [7, 11) is 0. The van der Waals surface area contributed by atoms with Crippen LogP contribution in [0.1, 0.15) is 35.5 Å². The molecule has 2 amide bonds. The number of benzene rings is 1. The van der Waals surface area contributed by atoms with Crippen LogP contribution in [0.25, 0.3) is 0 Å². The number of ether oxygens (including phenoxy) is 1. The molecule has 1 heterocycles. The van der Waals surface area contributed by atoms with Gasteiger partial charge in [-0.05, 0) is 51.0 Å². The minimum atomic E-state index is -1.01. The van der Waals surface area contributed by atoms with E-state index in [0.29, 0.717) is 5.69 Å². The molecule has 0 aliphatic carbocycles. The number of para-hydroxylation sites is 1. The highest BCUT2D eigenvalue weighted by atomic mass is 16.5. The third kappa shape index (κ3) is 4.72. The van der Waals surface area contributed by atoms with Gasteiger partial charge in [0.2, 0.25) is 0 Å². The lowest BCUT2D eigenvalue weighted by atomic mass is 10.1. The van der Waals surface area contributed by atoms with Gasteiger partial charge in [0, 0.05) is 5.69 Å². The number of esters is 1. The van der Waals surface area contributed by atoms with Crippen LogP contribution >= 0.6 is 0 Å². The molecular weight excluding hydrogens is 336 g/mol. The van der Waals surface area contributed by atoms with Gasteiger partial charge >= 0.3 is 5.97 Å². The van der Waals surface area contributed by atoms with Crippen LogP contribution < -0.4 is 10.6 Å². The molecule has 2 N–H and O–H groups in total. The van der Waals surface area contributed by atoms with E-state index in [1.807, 2.05) is 32.0 Å². The Labute approximate surface area is 151 Å². The van der Waals surface area contributed by atoms with Crippen LogP contribution in [-0.4, -0.2) is 29.9 Å². The molecule has 1 aromatic heterocycles. The summed E-state index contributed by atoms with van der Waals surface area (Å²) in [4.78, 5) is 36.3. The van der Waals surface area contributed by atoms with Gasteiger partial charge in [-0.2, -0.15) is 0 Å². The summed E-state index contributed by atoms with van der Waals surface area (Å²) in [5.41, 5.74) is 2.52. The largest absolute Gasteiger partial charge is 0.459 e. The number of hydrogen-bond acceptors (Lipinski definition) is 5. The van der Waals surface area contributed by atoms with Crippen LogP contribution in [0, 0.1) is 13.8 Å². The minimum absolute atomic E-state index is 0.0884. The molecule has 26 heavy (non-hydrogen) atoms. The van der Waals surface area contributed by atoms with Gasteiger partial charge in [0.1, 0.15) is 6.04 Å². The zero-order valence-electron chi connectivity index (χ0n) is 15.2. The maximum absolute atomic E-state index is 12.3. The summed E-state index contributed by atoms with van der Waals surface area (Å²) < 4.78 is 10.1. The summed E-state index contributed by atoms with van der Waals surface area (Å²) >= 11 is 0. The van der Waals surface area contributed by atoms with E-state index in [-0.39, 0.29) is 5.76 Å². The number of carbonyl (C=O) groups is 3. The Balaban J connectivity index is 1.91. The van der Waals surface area contributed by atoms with Crippen LogP contribution in [0.2, 0.25) is 0 Å². The topological polar surface area (TPSA) is 97.6 Å². The summed E-state index contributed by atoms with van der Waals surface area (Å²) in [6.07, 6.45) is 0.349. The van der Waals surface area contributed by atoms with Crippen molar-refractivity contribution in [1.29, 1.82) is 0 Å². The van der Waals surface area contributed by atoms with Gasteiger partial charge in [0.05, 0.1) is 6.26 Å². The number of furan rings is 1. The summed E-state index contributed by atoms with van der Waals surface area (Å²) in [5.74, 6) is -1.60. The zero-order valence-corrected chi connectivity index (χ0v) is 15.2. The molecule has 7 nitrogen and oxygen atoms in total. The van der Waals surface area contributed by atoms with E-state index in [9.17, 15) is 14.4 Å². The highest BCUT2D eigenvalue weighted by molar-refractivity contribution is 5.97. The van der Waals surface area contributed by atoms with Crippen LogP contribution in [-0.2, 0) is 14.3 Å². The van der Waals surface area contributed by atoms with E-state index in [1.54, 1.807) is 6.07 Å². The Bertz CT molecular complexity index is 778. The van der Waals surface area contributed by atoms with E-state index in [4.69, 9.17) is 9.15 Å². The molecule has 0 bridgehead atoms. The fourth-order valence-electron chi connectivity index (χ4n) is 2.30. The van der Waals surface area contributed by atoms with Crippen LogP contribution in [0.15, 0.2) is 41.0 Å². The van der Waals surface area contributed by atoms with Gasteiger partial charge in [-0.25, -0.2) is 4.79 Å². The first kappa shape index (κ1) is 19.2. The summed E-state index contributed by atoms with van der Waals surface area (Å²) in [5, 5.41) is 5.22. The maximum atomic E-state index is 12.3. The molecule has 2 rings (SSSR count). The van der Waals surface area contributed by atoms with Gasteiger partial charge in [0.25, 0.3) is 11.8 Å². The first-order valence-electron chi connectivity index (χ1n) is 8.21. The number of carbonyl (C=O) groups excluding carboxylic acids is 3. The molecular formula is C19H22N2O5. The highest BCUT2D eigenvalue weighted by Gasteiger charge is 2.24. The third-order valence-corrected chi connectivity index (χ3v) is 3.84. The van der Waals surface area contributed by atoms with Crippen LogP contribution in [0.4, 0.5) is 5.69 Å². The molecule has 138 valence electrons. The second-order valence-electron chi connectivity index (χ2n) is 6.01. The van der Waals surface area contributed by atoms with Crippen molar-refractivity contribution >= 4 is 23.5 Å². The molecule has 2 aromatic rings. The molecule has 1 unspecified atom stereocenters. The smallest absolute Gasteiger partial charge is 0.329 e. The summed E-state index contributed by atoms with van der Waals surface area (Å²) in [6, 6.07) is 7.78. The Morgan fingerprint density at radius 3 is 2.27 bits per heavy atom. The van der Waals surface area contributed by atoms with Crippen molar-refractivity contribution in [2.45, 2.75) is 39.8 Å². The molecule has 0 spiro atoms. The fraction of sp³-hybridized carbons (Fsp3) is 0.316. The van der Waals surface area contributed by atoms with E-state index < -0.39 is 29.9 Å². The Morgan fingerprint density at radius 1 is 1.04 bits per heavy atom. The van der Waals surface area contributed by atoms with Crippen LogP contribution in [0.5, 0.6) is 0 Å². The fourth-order valence-corrected chi connectivity index (χ4v) is 2.30. The first-order chi connectivity index (χ1) is 12.3. The second kappa shape index (κ2) is 8.33. The lowest BCUT2D eigenvalue weighted by Crippen LogP contribution is -2.42. The SMILES string of the molecule is Cc1cccc(C)c1NC(=O)C(C)OC(=O)[C@H](C)NC(=O)c1ccco1. The molecule has 0 fully saturated rings. The van der Waals surface area contributed by atoms with Crippen LogP contribution in [0.3, 0.4) is 0 Å². The average molecular weight is 358 g/mol. The predicted octanol–water partition coefficient (Wildman–Crippen LogP) is 2.59. The van der Waals surface area contributed by atoms with Crippen molar-refractivity contribution in [1.82, 2.24) is 5.32 Å². The molecule has 1 aromatic carbocycles. The zero-order chi connectivity index (χ0) is 19.3. The second-order valence-corrected chi connectivity index (χ2v) is 6.01. The minimum Gasteiger partial charge on any atom is -0.459 e. The monoisotopic (exact) mass is 358 g/mol. The number of nitrogens with one attached hydrogen (secondary N) is 2. The van der Waals surface area contributed by atoms with Gasteiger partial charge in [-0.1, -0.05) is 18.2 Å². The van der Waals surface area contributed by atoms with Crippen molar-refractivity contribution in [2.24, 2.45) is 0 Å².